The second-order valence-corrected chi connectivity index (χ2v) is 18.9. The molecule has 0 spiro atoms. The van der Waals surface area contributed by atoms with E-state index in [0.29, 0.717) is 175 Å². The van der Waals surface area contributed by atoms with E-state index in [1.54, 1.807) is 69.3 Å². The number of hydrogen-bond acceptors (Lipinski definition) is 22. The molecule has 0 fully saturated rings. The smallest absolute Gasteiger partial charge is 0.408 e. The summed E-state index contributed by atoms with van der Waals surface area (Å²) in [5.41, 5.74) is 9.23. The summed E-state index contributed by atoms with van der Waals surface area (Å²) < 4.78 is 70.4. The van der Waals surface area contributed by atoms with E-state index in [-0.39, 0.29) is 57.3 Å². The molecular formula is C55H87N9O21. The number of aliphatic carboxylic acids is 2. The lowest BCUT2D eigenvalue weighted by Gasteiger charge is -2.23. The Kier molecular flexibility index (Phi) is 43.6. The van der Waals surface area contributed by atoms with Gasteiger partial charge in [-0.25, -0.2) is 9.59 Å². The molecule has 2 atom stereocenters. The summed E-state index contributed by atoms with van der Waals surface area (Å²) in [5, 5.41) is 41.1. The Morgan fingerprint density at radius 2 is 0.859 bits per heavy atom. The monoisotopic (exact) mass is 1210 g/mol. The van der Waals surface area contributed by atoms with Gasteiger partial charge in [0.15, 0.2) is 0 Å². The first-order chi connectivity index (χ1) is 41.1. The van der Waals surface area contributed by atoms with Gasteiger partial charge >= 0.3 is 18.0 Å². The molecule has 0 aromatic heterocycles. The van der Waals surface area contributed by atoms with Gasteiger partial charge in [0, 0.05) is 35.7 Å². The number of nitrogens with one attached hydrogen (secondary N) is 4. The second kappa shape index (κ2) is 49.7. The van der Waals surface area contributed by atoms with Crippen LogP contribution in [0, 0.1) is 5.92 Å². The van der Waals surface area contributed by atoms with Crippen LogP contribution in [0.2, 0.25) is 0 Å². The average Bonchev–Trinajstić information content (AvgIpc) is 3.67. The summed E-state index contributed by atoms with van der Waals surface area (Å²) >= 11 is 0. The van der Waals surface area contributed by atoms with Gasteiger partial charge in [0.1, 0.15) is 11.6 Å². The molecule has 0 radical (unpaired) electrons. The van der Waals surface area contributed by atoms with Gasteiger partial charge in [0.25, 0.3) is 0 Å². The highest BCUT2D eigenvalue weighted by atomic mass is 16.6. The van der Waals surface area contributed by atoms with Crippen molar-refractivity contribution in [1.29, 1.82) is 0 Å². The number of alkyl carbamates (subject to hydrolysis) is 1. The van der Waals surface area contributed by atoms with E-state index in [1.165, 1.54) is 0 Å². The van der Waals surface area contributed by atoms with Gasteiger partial charge in [0.05, 0.1) is 182 Å². The number of azide groups is 1. The number of anilines is 2. The largest absolute Gasteiger partial charge is 0.481 e. The predicted molar refractivity (Wildman–Crippen MR) is 306 cm³/mol. The molecule has 30 nitrogen and oxygen atoms in total. The van der Waals surface area contributed by atoms with Crippen LogP contribution in [0.4, 0.5) is 27.5 Å². The van der Waals surface area contributed by atoms with Gasteiger partial charge in [-0.1, -0.05) is 5.11 Å². The predicted octanol–water partition coefficient (Wildman–Crippen LogP) is 5.23. The van der Waals surface area contributed by atoms with Crippen molar-refractivity contribution < 1.29 is 101 Å². The van der Waals surface area contributed by atoms with Crippen LogP contribution in [-0.4, -0.2) is 229 Å². The van der Waals surface area contributed by atoms with Crippen LogP contribution < -0.4 is 21.3 Å². The maximum atomic E-state index is 12.6. The number of carboxylic acid groups (broad SMARTS) is 2. The zero-order valence-electron chi connectivity index (χ0n) is 49.1. The van der Waals surface area contributed by atoms with Crippen LogP contribution >= 0.6 is 0 Å². The topological polar surface area (TPSA) is 384 Å². The van der Waals surface area contributed by atoms with Crippen molar-refractivity contribution in [3.8, 4) is 0 Å². The highest BCUT2D eigenvalue weighted by Crippen LogP contribution is 2.23. The molecule has 0 unspecified atom stereocenters. The third kappa shape index (κ3) is 44.6. The molecule has 85 heavy (non-hydrogen) atoms. The molecule has 0 aliphatic carbocycles. The Morgan fingerprint density at radius 3 is 1.21 bits per heavy atom. The van der Waals surface area contributed by atoms with Gasteiger partial charge in [-0.2, -0.15) is 10.2 Å². The SMILES string of the molecule is CC(C)(C)OC(=O)N[C@@H](C[C@H](CCCC(=O)Nc1ccc(N=Nc2ccc(NC(=O)CNC(=O)CCOCCOCCOCCOCCOCCOCCOCCOCCOCCOCCOCCOCCN=[N+]=[N-])cc2)cc1)C(=O)O)C(=O)O. The molecule has 30 heteroatoms. The van der Waals surface area contributed by atoms with Crippen molar-refractivity contribution in [3.63, 3.8) is 0 Å². The van der Waals surface area contributed by atoms with Gasteiger partial charge in [-0.15, -0.1) is 0 Å². The lowest BCUT2D eigenvalue weighted by molar-refractivity contribution is -0.144. The molecule has 6 N–H and O–H groups in total. The number of carbonyl (C=O) groups excluding carboxylic acids is 4. The molecule has 2 aromatic carbocycles. The van der Waals surface area contributed by atoms with E-state index >= 15 is 0 Å². The van der Waals surface area contributed by atoms with Crippen LogP contribution in [0.5, 0.6) is 0 Å². The molecule has 0 aliphatic heterocycles. The fourth-order valence-corrected chi connectivity index (χ4v) is 6.68. The Hall–Kier alpha value is -6.51. The van der Waals surface area contributed by atoms with Gasteiger partial charge < -0.3 is 93.1 Å². The van der Waals surface area contributed by atoms with Crippen molar-refractivity contribution in [2.75, 3.05) is 182 Å². The van der Waals surface area contributed by atoms with Crippen molar-refractivity contribution in [2.45, 2.75) is 64.5 Å². The lowest BCUT2D eigenvalue weighted by Crippen LogP contribution is -2.45. The maximum Gasteiger partial charge on any atom is 0.408 e. The number of carboxylic acids is 2. The quantitative estimate of drug-likeness (QED) is 0.0213. The molecule has 0 bridgehead atoms. The Bertz CT molecular complexity index is 2200. The van der Waals surface area contributed by atoms with Crippen LogP contribution in [0.15, 0.2) is 63.9 Å². The second-order valence-electron chi connectivity index (χ2n) is 18.9. The average molecular weight is 1210 g/mol. The van der Waals surface area contributed by atoms with Crippen molar-refractivity contribution >= 4 is 58.5 Å². The summed E-state index contributed by atoms with van der Waals surface area (Å²) in [7, 11) is 0. The standard InChI is InChI=1S/C55H87N9O21/c1-55(2,3)85-54(72)61-48(53(70)71)41-43(52(68)69)5-4-6-50(66)59-44-7-11-46(12-8-44)62-63-47-13-9-45(10-14-47)60-51(67)42-57-49(65)15-17-73-19-21-75-23-25-77-27-29-79-31-33-81-35-37-83-39-40-84-38-36-82-34-32-80-30-28-78-26-24-76-22-20-74-18-16-58-64-56/h7-14,43,48H,4-6,15-42H2,1-3H3,(H,57,65)(H,59,66)(H,60,67)(H,61,72)(H,68,69)(H,70,71)/t43-,48-/m0/s1. The number of ether oxygens (including phenoxy) is 13. The Morgan fingerprint density at radius 1 is 0.494 bits per heavy atom. The van der Waals surface area contributed by atoms with Crippen LogP contribution in [0.1, 0.15) is 52.9 Å². The third-order valence-corrected chi connectivity index (χ3v) is 10.8. The van der Waals surface area contributed by atoms with Crippen LogP contribution in [0.3, 0.4) is 0 Å². The number of rotatable bonds is 54. The first kappa shape index (κ1) is 74.6. The van der Waals surface area contributed by atoms with Crippen LogP contribution in [-0.2, 0) is 85.6 Å². The summed E-state index contributed by atoms with van der Waals surface area (Å²) in [6.07, 6.45) is -1.19. The van der Waals surface area contributed by atoms with E-state index in [1.807, 2.05) is 0 Å². The molecule has 0 aliphatic rings. The zero-order chi connectivity index (χ0) is 61.9. The van der Waals surface area contributed by atoms with Gasteiger partial charge in [0.2, 0.25) is 17.7 Å². The van der Waals surface area contributed by atoms with E-state index in [4.69, 9.17) is 67.1 Å². The number of amides is 4. The molecule has 0 heterocycles. The minimum atomic E-state index is -1.49. The van der Waals surface area contributed by atoms with Crippen molar-refractivity contribution in [1.82, 2.24) is 10.6 Å². The molecule has 2 rings (SSSR count). The fourth-order valence-electron chi connectivity index (χ4n) is 6.68. The van der Waals surface area contributed by atoms with Gasteiger partial charge in [-0.3, -0.25) is 19.2 Å². The molecule has 0 saturated carbocycles. The number of benzene rings is 2. The van der Waals surface area contributed by atoms with E-state index in [0.717, 1.165) is 0 Å². The number of azo groups is 1. The lowest BCUT2D eigenvalue weighted by atomic mass is 9.94. The van der Waals surface area contributed by atoms with Crippen molar-refractivity contribution in [3.05, 3.63) is 59.0 Å². The molecule has 0 saturated heterocycles. The Labute approximate surface area is 495 Å². The van der Waals surface area contributed by atoms with Crippen molar-refractivity contribution in [2.24, 2.45) is 21.3 Å². The summed E-state index contributed by atoms with van der Waals surface area (Å²) in [4.78, 5) is 75.5. The fraction of sp³-hybridized carbons (Fsp3) is 0.673. The minimum absolute atomic E-state index is 0.000174. The molecular weight excluding hydrogens is 1120 g/mol. The number of nitrogens with zero attached hydrogens (tertiary/aromatic N) is 5. The van der Waals surface area contributed by atoms with E-state index in [9.17, 15) is 39.0 Å². The number of hydrogen-bond donors (Lipinski definition) is 6. The minimum Gasteiger partial charge on any atom is -0.481 e. The zero-order valence-corrected chi connectivity index (χ0v) is 49.1. The van der Waals surface area contributed by atoms with Gasteiger partial charge in [-0.05, 0) is 94.1 Å². The molecule has 478 valence electrons. The highest BCUT2D eigenvalue weighted by molar-refractivity contribution is 5.94. The summed E-state index contributed by atoms with van der Waals surface area (Å²) in [6.45, 7) is 14.9. The normalized spacial score (nSPS) is 12.1. The maximum absolute atomic E-state index is 12.6. The highest BCUT2D eigenvalue weighted by Gasteiger charge is 2.30. The third-order valence-electron chi connectivity index (χ3n) is 10.8. The van der Waals surface area contributed by atoms with Crippen LogP contribution in [0.25, 0.3) is 10.4 Å². The van der Waals surface area contributed by atoms with E-state index < -0.39 is 47.9 Å². The van der Waals surface area contributed by atoms with E-state index in [2.05, 4.69) is 41.5 Å². The molecule has 4 amide bonds. The summed E-state index contributed by atoms with van der Waals surface area (Å²) in [5.74, 6) is -4.95. The first-order valence-corrected chi connectivity index (χ1v) is 28.0. The first-order valence-electron chi connectivity index (χ1n) is 28.0. The summed E-state index contributed by atoms with van der Waals surface area (Å²) in [6, 6.07) is 11.6. The number of carbonyl (C=O) groups is 6. The molecule has 2 aromatic rings. The Balaban J connectivity index is 1.36.